The van der Waals surface area contributed by atoms with Crippen molar-refractivity contribution in [3.63, 3.8) is 0 Å². The second-order valence-corrected chi connectivity index (χ2v) is 4.95. The number of nitrogens with zero attached hydrogens (tertiary/aromatic N) is 2. The van der Waals surface area contributed by atoms with Gasteiger partial charge in [-0.25, -0.2) is 4.98 Å². The Morgan fingerprint density at radius 2 is 2.28 bits per heavy atom. The number of methoxy groups -OCH3 is 2. The molecule has 0 radical (unpaired) electrons. The zero-order valence-electron chi connectivity index (χ0n) is 11.4. The Morgan fingerprint density at radius 1 is 1.44 bits per heavy atom. The Bertz CT molecular complexity index is 384. The SMILES string of the molecule is COc1ncccc1CN1CC[C@H](C)[C@H](OC)C1. The van der Waals surface area contributed by atoms with Gasteiger partial charge in [0.1, 0.15) is 0 Å². The van der Waals surface area contributed by atoms with E-state index in [-0.39, 0.29) is 0 Å². The highest BCUT2D eigenvalue weighted by atomic mass is 16.5. The standard InChI is InChI=1S/C14H22N2O2/c1-11-6-8-16(10-13(11)17-2)9-12-5-4-7-15-14(12)18-3/h4-5,7,11,13H,6,8-10H2,1-3H3/t11-,13+/m0/s1. The van der Waals surface area contributed by atoms with Crippen molar-refractivity contribution in [1.82, 2.24) is 9.88 Å². The molecule has 1 aliphatic rings. The molecule has 0 N–H and O–H groups in total. The molecule has 100 valence electrons. The molecular formula is C14H22N2O2. The van der Waals surface area contributed by atoms with Crippen LogP contribution >= 0.6 is 0 Å². The molecular weight excluding hydrogens is 228 g/mol. The number of pyridine rings is 1. The maximum Gasteiger partial charge on any atom is 0.217 e. The Kier molecular flexibility index (Phi) is 4.55. The van der Waals surface area contributed by atoms with E-state index in [1.165, 1.54) is 6.42 Å². The lowest BCUT2D eigenvalue weighted by Gasteiger charge is -2.36. The van der Waals surface area contributed by atoms with E-state index in [4.69, 9.17) is 9.47 Å². The number of hydrogen-bond acceptors (Lipinski definition) is 4. The third-order valence-corrected chi connectivity index (χ3v) is 3.71. The maximum atomic E-state index is 5.54. The Morgan fingerprint density at radius 3 is 3.00 bits per heavy atom. The summed E-state index contributed by atoms with van der Waals surface area (Å²) in [6, 6.07) is 4.03. The summed E-state index contributed by atoms with van der Waals surface area (Å²) in [5.41, 5.74) is 1.14. The van der Waals surface area contributed by atoms with E-state index in [9.17, 15) is 0 Å². The van der Waals surface area contributed by atoms with Gasteiger partial charge >= 0.3 is 0 Å². The minimum atomic E-state index is 0.335. The molecule has 1 aromatic rings. The third-order valence-electron chi connectivity index (χ3n) is 3.71. The topological polar surface area (TPSA) is 34.6 Å². The lowest BCUT2D eigenvalue weighted by molar-refractivity contribution is -0.00766. The lowest BCUT2D eigenvalue weighted by Crippen LogP contribution is -2.43. The highest BCUT2D eigenvalue weighted by Gasteiger charge is 2.26. The maximum absolute atomic E-state index is 5.54. The molecule has 4 heteroatoms. The van der Waals surface area contributed by atoms with E-state index in [0.29, 0.717) is 12.0 Å². The Balaban J connectivity index is 2.01. The van der Waals surface area contributed by atoms with Crippen molar-refractivity contribution < 1.29 is 9.47 Å². The normalized spacial score (nSPS) is 25.1. The quantitative estimate of drug-likeness (QED) is 0.818. The number of likely N-dealkylation sites (tertiary alicyclic amines) is 1. The van der Waals surface area contributed by atoms with Crippen molar-refractivity contribution in [2.45, 2.75) is 26.0 Å². The minimum Gasteiger partial charge on any atom is -0.481 e. The molecule has 2 heterocycles. The van der Waals surface area contributed by atoms with Gasteiger partial charge in [-0.2, -0.15) is 0 Å². The first-order valence-electron chi connectivity index (χ1n) is 6.47. The summed E-state index contributed by atoms with van der Waals surface area (Å²) in [6.45, 7) is 5.23. The summed E-state index contributed by atoms with van der Waals surface area (Å²) in [7, 11) is 3.47. The van der Waals surface area contributed by atoms with Crippen LogP contribution in [0.4, 0.5) is 0 Å². The second kappa shape index (κ2) is 6.16. The first kappa shape index (κ1) is 13.3. The molecule has 18 heavy (non-hydrogen) atoms. The average molecular weight is 250 g/mol. The first-order valence-corrected chi connectivity index (χ1v) is 6.47. The van der Waals surface area contributed by atoms with Crippen molar-refractivity contribution in [2.75, 3.05) is 27.3 Å². The molecule has 1 aliphatic heterocycles. The van der Waals surface area contributed by atoms with E-state index < -0.39 is 0 Å². The van der Waals surface area contributed by atoms with Crippen LogP contribution in [0.15, 0.2) is 18.3 Å². The summed E-state index contributed by atoms with van der Waals surface area (Å²) in [5, 5.41) is 0. The molecule has 0 unspecified atom stereocenters. The molecule has 0 amide bonds. The number of piperidine rings is 1. The Labute approximate surface area is 109 Å². The molecule has 4 nitrogen and oxygen atoms in total. The third kappa shape index (κ3) is 3.00. The van der Waals surface area contributed by atoms with E-state index in [0.717, 1.165) is 31.1 Å². The summed E-state index contributed by atoms with van der Waals surface area (Å²) in [4.78, 5) is 6.65. The van der Waals surface area contributed by atoms with E-state index in [1.807, 2.05) is 6.07 Å². The van der Waals surface area contributed by atoms with Gasteiger partial charge in [-0.15, -0.1) is 0 Å². The van der Waals surface area contributed by atoms with Gasteiger partial charge < -0.3 is 9.47 Å². The van der Waals surface area contributed by atoms with Crippen LogP contribution in [0.5, 0.6) is 5.88 Å². The van der Waals surface area contributed by atoms with Gasteiger partial charge in [0.05, 0.1) is 13.2 Å². The number of ether oxygens (including phenoxy) is 2. The fourth-order valence-corrected chi connectivity index (χ4v) is 2.52. The molecule has 1 aromatic heterocycles. The van der Waals surface area contributed by atoms with Gasteiger partial charge in [-0.05, 0) is 24.9 Å². The molecule has 1 fully saturated rings. The average Bonchev–Trinajstić information content (AvgIpc) is 2.41. The zero-order chi connectivity index (χ0) is 13.0. The van der Waals surface area contributed by atoms with Gasteiger partial charge in [0, 0.05) is 32.0 Å². The van der Waals surface area contributed by atoms with Crippen molar-refractivity contribution in [3.05, 3.63) is 23.9 Å². The number of rotatable bonds is 4. The van der Waals surface area contributed by atoms with Crippen LogP contribution < -0.4 is 4.74 Å². The van der Waals surface area contributed by atoms with Gasteiger partial charge in [-0.3, -0.25) is 4.90 Å². The smallest absolute Gasteiger partial charge is 0.217 e. The van der Waals surface area contributed by atoms with E-state index >= 15 is 0 Å². The molecule has 0 aliphatic carbocycles. The highest BCUT2D eigenvalue weighted by molar-refractivity contribution is 5.25. The molecule has 0 spiro atoms. The highest BCUT2D eigenvalue weighted by Crippen LogP contribution is 2.23. The number of hydrogen-bond donors (Lipinski definition) is 0. The molecule has 2 rings (SSSR count). The van der Waals surface area contributed by atoms with Crippen LogP contribution in [-0.4, -0.2) is 43.3 Å². The van der Waals surface area contributed by atoms with Crippen molar-refractivity contribution >= 4 is 0 Å². The van der Waals surface area contributed by atoms with Crippen LogP contribution in [0.1, 0.15) is 18.9 Å². The van der Waals surface area contributed by atoms with Gasteiger partial charge in [0.25, 0.3) is 0 Å². The van der Waals surface area contributed by atoms with E-state index in [2.05, 4.69) is 22.9 Å². The fraction of sp³-hybridized carbons (Fsp3) is 0.643. The monoisotopic (exact) mass is 250 g/mol. The predicted molar refractivity (Wildman–Crippen MR) is 70.6 cm³/mol. The fourth-order valence-electron chi connectivity index (χ4n) is 2.52. The summed E-state index contributed by atoms with van der Waals surface area (Å²) in [6.07, 6.45) is 3.28. The summed E-state index contributed by atoms with van der Waals surface area (Å²) in [5.74, 6) is 1.37. The second-order valence-electron chi connectivity index (χ2n) is 4.95. The molecule has 1 saturated heterocycles. The largest absolute Gasteiger partial charge is 0.481 e. The molecule has 0 bridgehead atoms. The van der Waals surface area contributed by atoms with Gasteiger partial charge in [0.2, 0.25) is 5.88 Å². The zero-order valence-corrected chi connectivity index (χ0v) is 11.4. The van der Waals surface area contributed by atoms with Crippen LogP contribution in [-0.2, 0) is 11.3 Å². The predicted octanol–water partition coefficient (Wildman–Crippen LogP) is 1.95. The molecule has 0 aromatic carbocycles. The van der Waals surface area contributed by atoms with Gasteiger partial charge in [0.15, 0.2) is 0 Å². The van der Waals surface area contributed by atoms with Gasteiger partial charge in [-0.1, -0.05) is 13.0 Å². The first-order chi connectivity index (χ1) is 8.74. The van der Waals surface area contributed by atoms with Crippen LogP contribution in [0.3, 0.4) is 0 Å². The summed E-state index contributed by atoms with van der Waals surface area (Å²) < 4.78 is 10.8. The lowest BCUT2D eigenvalue weighted by atomic mass is 9.95. The van der Waals surface area contributed by atoms with Crippen molar-refractivity contribution in [1.29, 1.82) is 0 Å². The van der Waals surface area contributed by atoms with E-state index in [1.54, 1.807) is 20.4 Å². The summed E-state index contributed by atoms with van der Waals surface area (Å²) >= 11 is 0. The number of aromatic nitrogens is 1. The van der Waals surface area contributed by atoms with Crippen molar-refractivity contribution in [2.24, 2.45) is 5.92 Å². The Hall–Kier alpha value is -1.13. The molecule has 0 saturated carbocycles. The van der Waals surface area contributed by atoms with Crippen LogP contribution in [0.25, 0.3) is 0 Å². The van der Waals surface area contributed by atoms with Crippen LogP contribution in [0.2, 0.25) is 0 Å². The van der Waals surface area contributed by atoms with Crippen molar-refractivity contribution in [3.8, 4) is 5.88 Å². The minimum absolute atomic E-state index is 0.335. The molecule has 2 atom stereocenters. The van der Waals surface area contributed by atoms with Crippen LogP contribution in [0, 0.1) is 5.92 Å².